The number of nitriles is 1. The van der Waals surface area contributed by atoms with E-state index < -0.39 is 0 Å². The third-order valence-corrected chi connectivity index (χ3v) is 4.68. The van der Waals surface area contributed by atoms with Crippen LogP contribution in [-0.4, -0.2) is 13.2 Å². The average molecular weight is 355 g/mol. The summed E-state index contributed by atoms with van der Waals surface area (Å²) in [6, 6.07) is 27.1. The van der Waals surface area contributed by atoms with Gasteiger partial charge >= 0.3 is 0 Å². The maximum absolute atomic E-state index is 9.28. The molecule has 0 N–H and O–H groups in total. The van der Waals surface area contributed by atoms with Crippen LogP contribution in [0.25, 0.3) is 22.3 Å². The van der Waals surface area contributed by atoms with Gasteiger partial charge in [-0.05, 0) is 52.8 Å². The SMILES string of the molecule is CCCCOCCc1ccc(-c2ccc(C#N)cc2-c2ccccc2)cc1. The quantitative estimate of drug-likeness (QED) is 0.447. The van der Waals surface area contributed by atoms with Crippen LogP contribution in [0.5, 0.6) is 0 Å². The molecule has 0 heterocycles. The lowest BCUT2D eigenvalue weighted by molar-refractivity contribution is 0.134. The second kappa shape index (κ2) is 9.71. The molecule has 0 saturated heterocycles. The van der Waals surface area contributed by atoms with Gasteiger partial charge in [-0.2, -0.15) is 5.26 Å². The molecule has 0 unspecified atom stereocenters. The van der Waals surface area contributed by atoms with E-state index >= 15 is 0 Å². The summed E-state index contributed by atoms with van der Waals surface area (Å²) in [5.41, 5.74) is 6.48. The molecule has 0 aliphatic rings. The first kappa shape index (κ1) is 18.9. The average Bonchev–Trinajstić information content (AvgIpc) is 2.74. The van der Waals surface area contributed by atoms with Crippen LogP contribution >= 0.6 is 0 Å². The summed E-state index contributed by atoms with van der Waals surface area (Å²) in [5.74, 6) is 0. The third kappa shape index (κ3) is 5.06. The Morgan fingerprint density at radius 2 is 1.56 bits per heavy atom. The number of rotatable bonds is 8. The molecule has 0 aromatic heterocycles. The Kier molecular flexibility index (Phi) is 6.79. The molecule has 27 heavy (non-hydrogen) atoms. The summed E-state index contributed by atoms with van der Waals surface area (Å²) >= 11 is 0. The van der Waals surface area contributed by atoms with Gasteiger partial charge in [0.1, 0.15) is 0 Å². The van der Waals surface area contributed by atoms with Crippen molar-refractivity contribution in [2.75, 3.05) is 13.2 Å². The summed E-state index contributed by atoms with van der Waals surface area (Å²) in [7, 11) is 0. The highest BCUT2D eigenvalue weighted by atomic mass is 16.5. The molecule has 0 bridgehead atoms. The maximum Gasteiger partial charge on any atom is 0.0991 e. The highest BCUT2D eigenvalue weighted by Crippen LogP contribution is 2.33. The van der Waals surface area contributed by atoms with Gasteiger partial charge in [0.25, 0.3) is 0 Å². The third-order valence-electron chi connectivity index (χ3n) is 4.68. The van der Waals surface area contributed by atoms with Gasteiger partial charge in [-0.25, -0.2) is 0 Å². The summed E-state index contributed by atoms with van der Waals surface area (Å²) in [4.78, 5) is 0. The highest BCUT2D eigenvalue weighted by Gasteiger charge is 2.09. The number of hydrogen-bond donors (Lipinski definition) is 0. The predicted molar refractivity (Wildman–Crippen MR) is 111 cm³/mol. The van der Waals surface area contributed by atoms with E-state index in [1.807, 2.05) is 36.4 Å². The van der Waals surface area contributed by atoms with Gasteiger partial charge in [0.15, 0.2) is 0 Å². The first-order chi connectivity index (χ1) is 13.3. The minimum absolute atomic E-state index is 0.679. The molecule has 0 aliphatic heterocycles. The molecule has 0 spiro atoms. The fourth-order valence-corrected chi connectivity index (χ4v) is 3.11. The molecule has 0 radical (unpaired) electrons. The zero-order valence-corrected chi connectivity index (χ0v) is 15.8. The molecule has 0 fully saturated rings. The normalized spacial score (nSPS) is 10.5. The van der Waals surface area contributed by atoms with Crippen molar-refractivity contribution in [1.29, 1.82) is 5.26 Å². The van der Waals surface area contributed by atoms with E-state index in [4.69, 9.17) is 4.74 Å². The Hall–Kier alpha value is -2.89. The van der Waals surface area contributed by atoms with Gasteiger partial charge < -0.3 is 4.74 Å². The van der Waals surface area contributed by atoms with Crippen LogP contribution in [0.2, 0.25) is 0 Å². The summed E-state index contributed by atoms with van der Waals surface area (Å²) in [5, 5.41) is 9.28. The van der Waals surface area contributed by atoms with Crippen molar-refractivity contribution in [2.45, 2.75) is 26.2 Å². The second-order valence-corrected chi connectivity index (χ2v) is 6.65. The van der Waals surface area contributed by atoms with Crippen LogP contribution in [0, 0.1) is 11.3 Å². The van der Waals surface area contributed by atoms with E-state index in [1.165, 1.54) is 12.0 Å². The molecule has 3 aromatic rings. The van der Waals surface area contributed by atoms with E-state index in [-0.39, 0.29) is 0 Å². The van der Waals surface area contributed by atoms with Gasteiger partial charge in [-0.15, -0.1) is 0 Å². The molecular weight excluding hydrogens is 330 g/mol. The van der Waals surface area contributed by atoms with Gasteiger partial charge in [-0.3, -0.25) is 0 Å². The van der Waals surface area contributed by atoms with Crippen LogP contribution in [0.3, 0.4) is 0 Å². The number of hydrogen-bond acceptors (Lipinski definition) is 2. The van der Waals surface area contributed by atoms with Crippen molar-refractivity contribution in [3.8, 4) is 28.3 Å². The summed E-state index contributed by atoms with van der Waals surface area (Å²) in [6.45, 7) is 3.79. The first-order valence-corrected chi connectivity index (χ1v) is 9.58. The van der Waals surface area contributed by atoms with E-state index in [1.54, 1.807) is 0 Å². The Morgan fingerprint density at radius 3 is 2.26 bits per heavy atom. The molecule has 0 atom stereocenters. The van der Waals surface area contributed by atoms with Gasteiger partial charge in [0, 0.05) is 6.61 Å². The zero-order valence-electron chi connectivity index (χ0n) is 15.8. The van der Waals surface area contributed by atoms with Gasteiger partial charge in [-0.1, -0.05) is 74.0 Å². The largest absolute Gasteiger partial charge is 0.381 e. The number of ether oxygens (including phenoxy) is 1. The fraction of sp³-hybridized carbons (Fsp3) is 0.240. The van der Waals surface area contributed by atoms with E-state index in [0.29, 0.717) is 5.56 Å². The van der Waals surface area contributed by atoms with Crippen molar-refractivity contribution in [3.05, 3.63) is 83.9 Å². The van der Waals surface area contributed by atoms with Gasteiger partial charge in [0.05, 0.1) is 18.2 Å². The number of benzene rings is 3. The Bertz CT molecular complexity index is 892. The highest BCUT2D eigenvalue weighted by molar-refractivity contribution is 5.84. The second-order valence-electron chi connectivity index (χ2n) is 6.65. The van der Waals surface area contributed by atoms with Crippen LogP contribution in [0.15, 0.2) is 72.8 Å². The molecule has 2 nitrogen and oxygen atoms in total. The molecule has 2 heteroatoms. The minimum Gasteiger partial charge on any atom is -0.381 e. The van der Waals surface area contributed by atoms with Crippen LogP contribution < -0.4 is 0 Å². The summed E-state index contributed by atoms with van der Waals surface area (Å²) in [6.07, 6.45) is 3.23. The van der Waals surface area contributed by atoms with E-state index in [0.717, 1.165) is 48.3 Å². The Morgan fingerprint density at radius 1 is 0.815 bits per heavy atom. The van der Waals surface area contributed by atoms with Crippen LogP contribution in [0.4, 0.5) is 0 Å². The topological polar surface area (TPSA) is 33.0 Å². The van der Waals surface area contributed by atoms with Crippen molar-refractivity contribution < 1.29 is 4.74 Å². The Balaban J connectivity index is 1.81. The number of nitrogens with zero attached hydrogens (tertiary/aromatic N) is 1. The maximum atomic E-state index is 9.28. The van der Waals surface area contributed by atoms with E-state index in [2.05, 4.69) is 49.4 Å². The molecule has 3 rings (SSSR count). The predicted octanol–water partition coefficient (Wildman–Crippen LogP) is 6.25. The Labute approximate surface area is 162 Å². The fourth-order valence-electron chi connectivity index (χ4n) is 3.11. The monoisotopic (exact) mass is 355 g/mol. The summed E-state index contributed by atoms with van der Waals surface area (Å²) < 4.78 is 5.66. The van der Waals surface area contributed by atoms with Crippen LogP contribution in [0.1, 0.15) is 30.9 Å². The van der Waals surface area contributed by atoms with Crippen molar-refractivity contribution in [3.63, 3.8) is 0 Å². The lowest BCUT2D eigenvalue weighted by atomic mass is 9.92. The molecule has 0 aliphatic carbocycles. The smallest absolute Gasteiger partial charge is 0.0991 e. The lowest BCUT2D eigenvalue weighted by Crippen LogP contribution is -2.00. The van der Waals surface area contributed by atoms with Crippen molar-refractivity contribution in [1.82, 2.24) is 0 Å². The molecule has 3 aromatic carbocycles. The van der Waals surface area contributed by atoms with Crippen molar-refractivity contribution in [2.24, 2.45) is 0 Å². The minimum atomic E-state index is 0.679. The van der Waals surface area contributed by atoms with Crippen LogP contribution in [-0.2, 0) is 11.2 Å². The first-order valence-electron chi connectivity index (χ1n) is 9.58. The molecular formula is C25H25NO. The standard InChI is InChI=1S/C25H25NO/c1-2-3-16-27-17-15-20-9-12-23(13-10-20)24-14-11-21(19-26)18-25(24)22-7-5-4-6-8-22/h4-14,18H,2-3,15-17H2,1H3. The molecule has 0 saturated carbocycles. The molecule has 136 valence electrons. The molecule has 0 amide bonds. The number of unbranched alkanes of at least 4 members (excludes halogenated alkanes) is 1. The van der Waals surface area contributed by atoms with Gasteiger partial charge in [0.2, 0.25) is 0 Å². The van der Waals surface area contributed by atoms with E-state index in [9.17, 15) is 5.26 Å². The zero-order chi connectivity index (χ0) is 18.9. The lowest BCUT2D eigenvalue weighted by Gasteiger charge is -2.12. The van der Waals surface area contributed by atoms with Crippen molar-refractivity contribution >= 4 is 0 Å².